The molecule has 0 atom stereocenters. The van der Waals surface area contributed by atoms with E-state index in [1.807, 2.05) is 19.1 Å². The van der Waals surface area contributed by atoms with Crippen molar-refractivity contribution < 1.29 is 4.42 Å². The van der Waals surface area contributed by atoms with E-state index < -0.39 is 0 Å². The van der Waals surface area contributed by atoms with Crippen LogP contribution in [-0.2, 0) is 5.41 Å². The summed E-state index contributed by atoms with van der Waals surface area (Å²) in [6, 6.07) is 5.53. The summed E-state index contributed by atoms with van der Waals surface area (Å²) in [5, 5.41) is 0.439. The first kappa shape index (κ1) is 12.1. The molecule has 0 saturated carbocycles. The van der Waals surface area contributed by atoms with Crippen LogP contribution in [-0.4, -0.2) is 9.97 Å². The highest BCUT2D eigenvalue weighted by atomic mass is 35.5. The summed E-state index contributed by atoms with van der Waals surface area (Å²) < 4.78 is 5.51. The molecule has 90 valence electrons. The number of hydrogen-bond acceptors (Lipinski definition) is 3. The number of hydrogen-bond donors (Lipinski definition) is 0. The maximum Gasteiger partial charge on any atom is 0.197 e. The molecule has 0 aliphatic carbocycles. The first-order valence-corrected chi connectivity index (χ1v) is 5.86. The van der Waals surface area contributed by atoms with Gasteiger partial charge in [-0.15, -0.1) is 0 Å². The third kappa shape index (κ3) is 2.67. The highest BCUT2D eigenvalue weighted by molar-refractivity contribution is 6.29. The average Bonchev–Trinajstić information content (AvgIpc) is 2.62. The van der Waals surface area contributed by atoms with Crippen molar-refractivity contribution in [2.45, 2.75) is 33.1 Å². The largest absolute Gasteiger partial charge is 0.458 e. The predicted molar refractivity (Wildman–Crippen MR) is 68.2 cm³/mol. The Morgan fingerprint density at radius 1 is 1.18 bits per heavy atom. The molecule has 2 aromatic heterocycles. The summed E-state index contributed by atoms with van der Waals surface area (Å²) in [7, 11) is 0. The van der Waals surface area contributed by atoms with Gasteiger partial charge >= 0.3 is 0 Å². The van der Waals surface area contributed by atoms with Crippen molar-refractivity contribution in [2.24, 2.45) is 0 Å². The van der Waals surface area contributed by atoms with Crippen LogP contribution >= 0.6 is 11.6 Å². The van der Waals surface area contributed by atoms with Gasteiger partial charge in [-0.05, 0) is 25.1 Å². The molecule has 0 aliphatic heterocycles. The summed E-state index contributed by atoms with van der Waals surface area (Å²) in [4.78, 5) is 8.69. The molecule has 0 radical (unpaired) electrons. The third-order valence-electron chi connectivity index (χ3n) is 2.42. The van der Waals surface area contributed by atoms with Gasteiger partial charge in [0.2, 0.25) is 0 Å². The molecule has 0 fully saturated rings. The standard InChI is InChI=1S/C13H15ClN2O/c1-8-5-6-9(17-8)12-15-10(13(2,3)4)7-11(14)16-12/h5-7H,1-4H3. The Bertz CT molecular complexity index is 541. The Kier molecular flexibility index (Phi) is 2.96. The van der Waals surface area contributed by atoms with E-state index in [0.29, 0.717) is 16.7 Å². The molecule has 2 heterocycles. The lowest BCUT2D eigenvalue weighted by Gasteiger charge is -2.17. The number of rotatable bonds is 1. The van der Waals surface area contributed by atoms with Crippen LogP contribution in [0.15, 0.2) is 22.6 Å². The third-order valence-corrected chi connectivity index (χ3v) is 2.62. The lowest BCUT2D eigenvalue weighted by Crippen LogP contribution is -2.14. The van der Waals surface area contributed by atoms with Gasteiger partial charge in [-0.2, -0.15) is 0 Å². The van der Waals surface area contributed by atoms with E-state index >= 15 is 0 Å². The predicted octanol–water partition coefficient (Wildman–Crippen LogP) is 4.00. The van der Waals surface area contributed by atoms with E-state index in [2.05, 4.69) is 30.7 Å². The van der Waals surface area contributed by atoms with E-state index in [-0.39, 0.29) is 5.41 Å². The Labute approximate surface area is 106 Å². The highest BCUT2D eigenvalue weighted by Gasteiger charge is 2.19. The van der Waals surface area contributed by atoms with Gasteiger partial charge in [-0.25, -0.2) is 9.97 Å². The van der Waals surface area contributed by atoms with Crippen LogP contribution in [0.2, 0.25) is 5.15 Å². The fraction of sp³-hybridized carbons (Fsp3) is 0.385. The second-order valence-corrected chi connectivity index (χ2v) is 5.45. The zero-order valence-electron chi connectivity index (χ0n) is 10.4. The Morgan fingerprint density at radius 2 is 1.88 bits per heavy atom. The molecule has 0 bridgehead atoms. The lowest BCUT2D eigenvalue weighted by atomic mass is 9.92. The molecule has 0 amide bonds. The minimum atomic E-state index is -0.0665. The zero-order valence-corrected chi connectivity index (χ0v) is 11.2. The number of halogens is 1. The summed E-state index contributed by atoms with van der Waals surface area (Å²) >= 11 is 6.02. The van der Waals surface area contributed by atoms with Gasteiger partial charge in [0.05, 0.1) is 5.69 Å². The van der Waals surface area contributed by atoms with Gasteiger partial charge < -0.3 is 4.42 Å². The molecular weight excluding hydrogens is 236 g/mol. The summed E-state index contributed by atoms with van der Waals surface area (Å²) in [6.45, 7) is 8.15. The minimum Gasteiger partial charge on any atom is -0.458 e. The molecule has 17 heavy (non-hydrogen) atoms. The second kappa shape index (κ2) is 4.15. The average molecular weight is 251 g/mol. The summed E-state index contributed by atoms with van der Waals surface area (Å²) in [5.74, 6) is 2.02. The number of nitrogens with zero attached hydrogens (tertiary/aromatic N) is 2. The van der Waals surface area contributed by atoms with Crippen LogP contribution in [0.3, 0.4) is 0 Å². The van der Waals surface area contributed by atoms with Crippen LogP contribution in [0, 0.1) is 6.92 Å². The lowest BCUT2D eigenvalue weighted by molar-refractivity contribution is 0.538. The van der Waals surface area contributed by atoms with E-state index in [0.717, 1.165) is 11.5 Å². The van der Waals surface area contributed by atoms with Gasteiger partial charge in [0, 0.05) is 5.41 Å². The Balaban J connectivity index is 2.52. The molecular formula is C13H15ClN2O. The molecule has 0 N–H and O–H groups in total. The van der Waals surface area contributed by atoms with Crippen LogP contribution in [0.25, 0.3) is 11.6 Å². The fourth-order valence-corrected chi connectivity index (χ4v) is 1.65. The summed E-state index contributed by atoms with van der Waals surface area (Å²) in [5.41, 5.74) is 0.838. The van der Waals surface area contributed by atoms with Crippen molar-refractivity contribution in [3.05, 3.63) is 34.8 Å². The normalized spacial score (nSPS) is 11.8. The molecule has 2 rings (SSSR count). The first-order chi connectivity index (χ1) is 7.86. The molecule has 4 heteroatoms. The van der Waals surface area contributed by atoms with Gasteiger partial charge in [-0.1, -0.05) is 32.4 Å². The maximum atomic E-state index is 6.02. The molecule has 0 unspecified atom stereocenters. The highest BCUT2D eigenvalue weighted by Crippen LogP contribution is 2.26. The van der Waals surface area contributed by atoms with Crippen LogP contribution in [0.5, 0.6) is 0 Å². The van der Waals surface area contributed by atoms with Gasteiger partial charge in [0.1, 0.15) is 10.9 Å². The van der Waals surface area contributed by atoms with Crippen molar-refractivity contribution >= 4 is 11.6 Å². The fourth-order valence-electron chi connectivity index (χ4n) is 1.47. The topological polar surface area (TPSA) is 38.9 Å². The molecule has 2 aromatic rings. The van der Waals surface area contributed by atoms with Gasteiger partial charge in [-0.3, -0.25) is 0 Å². The van der Waals surface area contributed by atoms with Crippen molar-refractivity contribution in [3.63, 3.8) is 0 Å². The second-order valence-electron chi connectivity index (χ2n) is 5.06. The quantitative estimate of drug-likeness (QED) is 0.718. The smallest absolute Gasteiger partial charge is 0.197 e. The maximum absolute atomic E-state index is 6.02. The molecule has 0 saturated heterocycles. The zero-order chi connectivity index (χ0) is 12.6. The van der Waals surface area contributed by atoms with Crippen molar-refractivity contribution in [1.82, 2.24) is 9.97 Å². The molecule has 3 nitrogen and oxygen atoms in total. The van der Waals surface area contributed by atoms with E-state index in [1.165, 1.54) is 0 Å². The summed E-state index contributed by atoms with van der Waals surface area (Å²) in [6.07, 6.45) is 0. The van der Waals surface area contributed by atoms with Gasteiger partial charge in [0.15, 0.2) is 11.6 Å². The number of aryl methyl sites for hydroxylation is 1. The van der Waals surface area contributed by atoms with Crippen LogP contribution in [0.4, 0.5) is 0 Å². The van der Waals surface area contributed by atoms with Crippen molar-refractivity contribution in [2.75, 3.05) is 0 Å². The van der Waals surface area contributed by atoms with E-state index in [4.69, 9.17) is 16.0 Å². The van der Waals surface area contributed by atoms with E-state index in [1.54, 1.807) is 6.07 Å². The van der Waals surface area contributed by atoms with Crippen LogP contribution < -0.4 is 0 Å². The Hall–Kier alpha value is -1.35. The number of aromatic nitrogens is 2. The van der Waals surface area contributed by atoms with Crippen molar-refractivity contribution in [1.29, 1.82) is 0 Å². The van der Waals surface area contributed by atoms with Crippen LogP contribution in [0.1, 0.15) is 32.2 Å². The SMILES string of the molecule is Cc1ccc(-c2nc(Cl)cc(C(C)(C)C)n2)o1. The first-order valence-electron chi connectivity index (χ1n) is 5.48. The number of furan rings is 1. The molecule has 0 aliphatic rings. The van der Waals surface area contributed by atoms with Crippen molar-refractivity contribution in [3.8, 4) is 11.6 Å². The van der Waals surface area contributed by atoms with Gasteiger partial charge in [0.25, 0.3) is 0 Å². The minimum absolute atomic E-state index is 0.0665. The Morgan fingerprint density at radius 3 is 2.41 bits per heavy atom. The monoisotopic (exact) mass is 250 g/mol. The molecule has 0 aromatic carbocycles. The molecule has 0 spiro atoms. The van der Waals surface area contributed by atoms with E-state index in [9.17, 15) is 0 Å².